The number of piperidine rings is 1. The second kappa shape index (κ2) is 7.04. The van der Waals surface area contributed by atoms with Crippen LogP contribution in [0.1, 0.15) is 39.0 Å². The molecular formula is C14H25N3O3. The van der Waals surface area contributed by atoms with E-state index in [2.05, 4.69) is 15.5 Å². The summed E-state index contributed by atoms with van der Waals surface area (Å²) in [5.41, 5.74) is 0. The van der Waals surface area contributed by atoms with E-state index in [1.807, 2.05) is 0 Å². The zero-order valence-electron chi connectivity index (χ0n) is 12.1. The highest BCUT2D eigenvalue weighted by Gasteiger charge is 2.36. The van der Waals surface area contributed by atoms with E-state index in [1.54, 1.807) is 6.92 Å². The van der Waals surface area contributed by atoms with Crippen LogP contribution in [0.2, 0.25) is 0 Å². The molecule has 0 spiro atoms. The van der Waals surface area contributed by atoms with Crippen LogP contribution in [0.5, 0.6) is 0 Å². The highest BCUT2D eigenvalue weighted by Crippen LogP contribution is 2.24. The Morgan fingerprint density at radius 1 is 1.35 bits per heavy atom. The third-order valence-electron chi connectivity index (χ3n) is 4.40. The lowest BCUT2D eigenvalue weighted by Gasteiger charge is -2.35. The van der Waals surface area contributed by atoms with Gasteiger partial charge >= 0.3 is 5.97 Å². The van der Waals surface area contributed by atoms with Gasteiger partial charge in [0.15, 0.2) is 0 Å². The van der Waals surface area contributed by atoms with E-state index in [0.29, 0.717) is 12.5 Å². The van der Waals surface area contributed by atoms with Gasteiger partial charge in [0.25, 0.3) is 0 Å². The maximum Gasteiger partial charge on any atom is 0.326 e. The molecule has 0 bridgehead atoms. The van der Waals surface area contributed by atoms with E-state index in [-0.39, 0.29) is 11.9 Å². The molecule has 2 heterocycles. The molecule has 0 aliphatic carbocycles. The quantitative estimate of drug-likeness (QED) is 0.671. The largest absolute Gasteiger partial charge is 0.480 e. The van der Waals surface area contributed by atoms with Gasteiger partial charge < -0.3 is 15.7 Å². The molecule has 2 fully saturated rings. The second-order valence-corrected chi connectivity index (χ2v) is 5.68. The molecule has 6 nitrogen and oxygen atoms in total. The molecule has 1 unspecified atom stereocenters. The predicted molar refractivity (Wildman–Crippen MR) is 75.5 cm³/mol. The Morgan fingerprint density at radius 3 is 2.65 bits per heavy atom. The van der Waals surface area contributed by atoms with Crippen LogP contribution in [0.4, 0.5) is 0 Å². The highest BCUT2D eigenvalue weighted by molar-refractivity contribution is 5.87. The van der Waals surface area contributed by atoms with Crippen molar-refractivity contribution in [2.24, 2.45) is 0 Å². The Balaban J connectivity index is 1.95. The molecule has 2 aliphatic rings. The standard InChI is InChI=1S/C14H25N3O3/c1-2-11(14(19)20)16-13(18)12-4-3-9-17(12)10-5-7-15-8-6-10/h10-12,15H,2-9H2,1H3,(H,16,18)(H,19,20)/t11-,12?/m0/s1. The van der Waals surface area contributed by atoms with Crippen LogP contribution in [-0.2, 0) is 9.59 Å². The summed E-state index contributed by atoms with van der Waals surface area (Å²) in [6, 6.07) is -0.455. The lowest BCUT2D eigenvalue weighted by Crippen LogP contribution is -2.53. The van der Waals surface area contributed by atoms with E-state index in [1.165, 1.54) is 0 Å². The maximum absolute atomic E-state index is 12.3. The Kier molecular flexibility index (Phi) is 5.37. The first-order valence-corrected chi connectivity index (χ1v) is 7.63. The van der Waals surface area contributed by atoms with Crippen LogP contribution in [0, 0.1) is 0 Å². The maximum atomic E-state index is 12.3. The second-order valence-electron chi connectivity index (χ2n) is 5.68. The number of hydrogen-bond donors (Lipinski definition) is 3. The highest BCUT2D eigenvalue weighted by atomic mass is 16.4. The van der Waals surface area contributed by atoms with Gasteiger partial charge in [-0.05, 0) is 51.7 Å². The number of carbonyl (C=O) groups is 2. The van der Waals surface area contributed by atoms with E-state index in [0.717, 1.165) is 45.3 Å². The normalized spacial score (nSPS) is 26.4. The van der Waals surface area contributed by atoms with Gasteiger partial charge in [0, 0.05) is 6.04 Å². The summed E-state index contributed by atoms with van der Waals surface area (Å²) in [7, 11) is 0. The van der Waals surface area contributed by atoms with Gasteiger partial charge in [-0.25, -0.2) is 4.79 Å². The summed E-state index contributed by atoms with van der Waals surface area (Å²) >= 11 is 0. The molecule has 0 aromatic carbocycles. The summed E-state index contributed by atoms with van der Waals surface area (Å²) < 4.78 is 0. The monoisotopic (exact) mass is 283 g/mol. The fourth-order valence-electron chi connectivity index (χ4n) is 3.25. The Bertz CT molecular complexity index is 356. The zero-order valence-corrected chi connectivity index (χ0v) is 12.1. The Labute approximate surface area is 119 Å². The summed E-state index contributed by atoms with van der Waals surface area (Å²) in [6.07, 6.45) is 4.42. The van der Waals surface area contributed by atoms with Crippen molar-refractivity contribution in [3.05, 3.63) is 0 Å². The summed E-state index contributed by atoms with van der Waals surface area (Å²) in [5.74, 6) is -1.07. The average molecular weight is 283 g/mol. The van der Waals surface area contributed by atoms with Crippen molar-refractivity contribution in [3.63, 3.8) is 0 Å². The molecule has 2 rings (SSSR count). The summed E-state index contributed by atoms with van der Waals surface area (Å²) in [4.78, 5) is 25.7. The minimum Gasteiger partial charge on any atom is -0.480 e. The first-order chi connectivity index (χ1) is 9.63. The van der Waals surface area contributed by atoms with Crippen molar-refractivity contribution in [2.45, 2.75) is 57.2 Å². The minimum atomic E-state index is -0.952. The van der Waals surface area contributed by atoms with Crippen molar-refractivity contribution < 1.29 is 14.7 Å². The molecule has 0 aromatic heterocycles. The lowest BCUT2D eigenvalue weighted by molar-refractivity contribution is -0.142. The fourth-order valence-corrected chi connectivity index (χ4v) is 3.25. The number of carboxylic acids is 1. The molecular weight excluding hydrogens is 258 g/mol. The zero-order chi connectivity index (χ0) is 14.5. The molecule has 1 amide bonds. The van der Waals surface area contributed by atoms with Crippen LogP contribution in [0.25, 0.3) is 0 Å². The van der Waals surface area contributed by atoms with Gasteiger partial charge in [-0.3, -0.25) is 9.69 Å². The number of nitrogens with zero attached hydrogens (tertiary/aromatic N) is 1. The topological polar surface area (TPSA) is 81.7 Å². The predicted octanol–water partition coefficient (Wildman–Crippen LogP) is 0.182. The van der Waals surface area contributed by atoms with Crippen molar-refractivity contribution in [1.29, 1.82) is 0 Å². The van der Waals surface area contributed by atoms with Crippen LogP contribution in [0.3, 0.4) is 0 Å². The third-order valence-corrected chi connectivity index (χ3v) is 4.40. The van der Waals surface area contributed by atoms with Gasteiger partial charge in [-0.2, -0.15) is 0 Å². The number of hydrogen-bond acceptors (Lipinski definition) is 4. The average Bonchev–Trinajstić information content (AvgIpc) is 2.94. The number of aliphatic carboxylic acids is 1. The molecule has 6 heteroatoms. The lowest BCUT2D eigenvalue weighted by atomic mass is 10.0. The van der Waals surface area contributed by atoms with Crippen molar-refractivity contribution >= 4 is 11.9 Å². The molecule has 0 radical (unpaired) electrons. The van der Waals surface area contributed by atoms with Gasteiger partial charge in [0.2, 0.25) is 5.91 Å². The van der Waals surface area contributed by atoms with Crippen LogP contribution < -0.4 is 10.6 Å². The van der Waals surface area contributed by atoms with Gasteiger partial charge in [0.1, 0.15) is 6.04 Å². The van der Waals surface area contributed by atoms with Crippen LogP contribution in [-0.4, -0.2) is 59.6 Å². The molecule has 0 saturated carbocycles. The van der Waals surface area contributed by atoms with Crippen molar-refractivity contribution in [2.75, 3.05) is 19.6 Å². The molecule has 2 saturated heterocycles. The molecule has 2 atom stereocenters. The molecule has 2 aliphatic heterocycles. The number of likely N-dealkylation sites (tertiary alicyclic amines) is 1. The smallest absolute Gasteiger partial charge is 0.326 e. The number of amides is 1. The van der Waals surface area contributed by atoms with E-state index in [9.17, 15) is 9.59 Å². The van der Waals surface area contributed by atoms with Crippen molar-refractivity contribution in [3.8, 4) is 0 Å². The fraction of sp³-hybridized carbons (Fsp3) is 0.857. The molecule has 0 aromatic rings. The molecule has 114 valence electrons. The van der Waals surface area contributed by atoms with Gasteiger partial charge in [0.05, 0.1) is 6.04 Å². The minimum absolute atomic E-state index is 0.115. The third kappa shape index (κ3) is 3.49. The van der Waals surface area contributed by atoms with Crippen LogP contribution >= 0.6 is 0 Å². The van der Waals surface area contributed by atoms with Gasteiger partial charge in [-0.15, -0.1) is 0 Å². The summed E-state index contributed by atoms with van der Waals surface area (Å²) in [6.45, 7) is 4.73. The van der Waals surface area contributed by atoms with Gasteiger partial charge in [-0.1, -0.05) is 6.92 Å². The van der Waals surface area contributed by atoms with Crippen LogP contribution in [0.15, 0.2) is 0 Å². The first-order valence-electron chi connectivity index (χ1n) is 7.63. The summed E-state index contributed by atoms with van der Waals surface area (Å²) in [5, 5.41) is 15.1. The first kappa shape index (κ1) is 15.3. The van der Waals surface area contributed by atoms with E-state index >= 15 is 0 Å². The number of carboxylic acid groups (broad SMARTS) is 1. The number of rotatable bonds is 5. The van der Waals surface area contributed by atoms with E-state index in [4.69, 9.17) is 5.11 Å². The Hall–Kier alpha value is -1.14. The Morgan fingerprint density at radius 2 is 2.05 bits per heavy atom. The number of nitrogens with one attached hydrogen (secondary N) is 2. The number of carbonyl (C=O) groups excluding carboxylic acids is 1. The van der Waals surface area contributed by atoms with Crippen molar-refractivity contribution in [1.82, 2.24) is 15.5 Å². The molecule has 3 N–H and O–H groups in total. The molecule has 20 heavy (non-hydrogen) atoms. The van der Waals surface area contributed by atoms with E-state index < -0.39 is 12.0 Å². The SMILES string of the molecule is CC[C@H](NC(=O)C1CCCN1C1CCNCC1)C(=O)O.